The summed E-state index contributed by atoms with van der Waals surface area (Å²) >= 11 is 0. The number of aliphatic imine (C=N–C) groups is 1. The number of carbonyl (C=O) groups excluding carboxylic acids is 1. The third kappa shape index (κ3) is 4.06. The molecule has 1 atom stereocenters. The van der Waals surface area contributed by atoms with Crippen LogP contribution < -0.4 is 5.32 Å². The van der Waals surface area contributed by atoms with Crippen LogP contribution in [0.1, 0.15) is 13.3 Å². The number of allylic oxidation sites excluding steroid dienone is 2. The number of hydrogen-bond donors (Lipinski definition) is 1. The van der Waals surface area contributed by atoms with Crippen LogP contribution in [0.4, 0.5) is 0 Å². The summed E-state index contributed by atoms with van der Waals surface area (Å²) in [6.07, 6.45) is 5.23. The van der Waals surface area contributed by atoms with Crippen molar-refractivity contribution >= 4 is 12.1 Å². The fraction of sp³-hybridized carbons (Fsp3) is 0.333. The van der Waals surface area contributed by atoms with E-state index in [9.17, 15) is 14.6 Å². The summed E-state index contributed by atoms with van der Waals surface area (Å²) in [5.41, 5.74) is 0.999. The van der Waals surface area contributed by atoms with Crippen LogP contribution in [0.5, 0.6) is 0 Å². The molecule has 0 saturated heterocycles. The second-order valence-corrected chi connectivity index (χ2v) is 3.82. The fourth-order valence-electron chi connectivity index (χ4n) is 1.56. The van der Waals surface area contributed by atoms with Crippen LogP contribution in [-0.4, -0.2) is 24.7 Å². The predicted octanol–water partition coefficient (Wildman–Crippen LogP) is 1.82. The Hall–Kier alpha value is -2.44. The normalized spacial score (nSPS) is 20.8. The minimum absolute atomic E-state index is 0.0401. The molecule has 1 heterocycles. The van der Waals surface area contributed by atoms with Crippen molar-refractivity contribution in [2.45, 2.75) is 19.4 Å². The number of nitrogens with zero attached hydrogens (tertiary/aromatic N) is 3. The summed E-state index contributed by atoms with van der Waals surface area (Å²) in [7, 11) is 0. The molecule has 0 aliphatic carbocycles. The maximum absolute atomic E-state index is 11.3. The van der Waals surface area contributed by atoms with Gasteiger partial charge in [0.2, 0.25) is 0 Å². The largest absolute Gasteiger partial charge is 0.371 e. The first-order valence-corrected chi connectivity index (χ1v) is 5.69. The van der Waals surface area contributed by atoms with Crippen molar-refractivity contribution in [3.8, 4) is 0 Å². The van der Waals surface area contributed by atoms with E-state index in [1.807, 2.05) is 6.92 Å². The molecule has 0 saturated carbocycles. The van der Waals surface area contributed by atoms with Crippen molar-refractivity contribution in [1.29, 1.82) is 0 Å². The molecule has 0 aromatic carbocycles. The maximum Gasteiger partial charge on any atom is 0.308 e. The van der Waals surface area contributed by atoms with Crippen LogP contribution >= 0.6 is 0 Å². The first kappa shape index (κ1) is 14.6. The van der Waals surface area contributed by atoms with E-state index in [2.05, 4.69) is 27.2 Å². The van der Waals surface area contributed by atoms with Crippen molar-refractivity contribution in [3.63, 3.8) is 0 Å². The van der Waals surface area contributed by atoms with Gasteiger partial charge in [0.25, 0.3) is 0 Å². The molecule has 0 aromatic heterocycles. The van der Waals surface area contributed by atoms with Crippen molar-refractivity contribution in [3.05, 3.63) is 45.5 Å². The van der Waals surface area contributed by atoms with Crippen LogP contribution in [0.15, 0.2) is 51.0 Å². The molecule has 1 unspecified atom stereocenters. The minimum Gasteiger partial charge on any atom is -0.371 e. The first-order chi connectivity index (χ1) is 9.12. The van der Waals surface area contributed by atoms with Gasteiger partial charge in [-0.05, 0) is 29.8 Å². The van der Waals surface area contributed by atoms with Gasteiger partial charge in [0, 0.05) is 24.4 Å². The summed E-state index contributed by atoms with van der Waals surface area (Å²) in [5.74, 6) is -0.831. The van der Waals surface area contributed by atoms with Gasteiger partial charge in [-0.15, -0.1) is 9.81 Å². The quantitative estimate of drug-likeness (QED) is 0.603. The van der Waals surface area contributed by atoms with Gasteiger partial charge < -0.3 is 5.32 Å². The van der Waals surface area contributed by atoms with E-state index < -0.39 is 11.9 Å². The van der Waals surface area contributed by atoms with Crippen molar-refractivity contribution in [2.24, 2.45) is 15.3 Å². The van der Waals surface area contributed by atoms with Gasteiger partial charge in [-0.1, -0.05) is 6.58 Å². The predicted molar refractivity (Wildman–Crippen MR) is 72.5 cm³/mol. The van der Waals surface area contributed by atoms with Crippen molar-refractivity contribution in [1.82, 2.24) is 5.32 Å². The van der Waals surface area contributed by atoms with Crippen LogP contribution in [-0.2, 0) is 4.79 Å². The van der Waals surface area contributed by atoms with Crippen molar-refractivity contribution in [2.75, 3.05) is 6.54 Å². The Morgan fingerprint density at radius 3 is 2.84 bits per heavy atom. The maximum atomic E-state index is 11.3. The molecule has 0 fully saturated rings. The second-order valence-electron chi connectivity index (χ2n) is 3.82. The highest BCUT2D eigenvalue weighted by molar-refractivity contribution is 5.84. The number of amides is 1. The Kier molecular flexibility index (Phi) is 5.46. The molecule has 7 heteroatoms. The van der Waals surface area contributed by atoms with Gasteiger partial charge in [-0.3, -0.25) is 9.79 Å². The molecular weight excluding hydrogens is 248 g/mol. The van der Waals surface area contributed by atoms with E-state index in [4.69, 9.17) is 0 Å². The van der Waals surface area contributed by atoms with Gasteiger partial charge in [-0.25, -0.2) is 0 Å². The summed E-state index contributed by atoms with van der Waals surface area (Å²) < 4.78 is 0. The van der Waals surface area contributed by atoms with Gasteiger partial charge in [-0.2, -0.15) is 0 Å². The molecule has 0 radical (unpaired) electrons. The summed E-state index contributed by atoms with van der Waals surface area (Å²) in [6, 6.07) is -0.808. The van der Waals surface area contributed by atoms with Crippen LogP contribution in [0.25, 0.3) is 0 Å². The number of hydrogen-bond acceptors (Lipinski definition) is 6. The average molecular weight is 262 g/mol. The first-order valence-electron chi connectivity index (χ1n) is 5.69. The van der Waals surface area contributed by atoms with Crippen LogP contribution in [0.2, 0.25) is 0 Å². The smallest absolute Gasteiger partial charge is 0.308 e. The van der Waals surface area contributed by atoms with E-state index in [1.165, 1.54) is 0 Å². The molecule has 7 nitrogen and oxygen atoms in total. The lowest BCUT2D eigenvalue weighted by Crippen LogP contribution is -2.38. The van der Waals surface area contributed by atoms with Crippen molar-refractivity contribution < 1.29 is 4.79 Å². The van der Waals surface area contributed by atoms with Crippen LogP contribution in [0.3, 0.4) is 0 Å². The monoisotopic (exact) mass is 262 g/mol. The standard InChI is InChI=1S/C12H14N4O3/c1-3-13-5-4-9-6-10(8(2)15-18)14-11(7-9)12(17)16-19/h4-6,11,14H,2-3,7H2,1H3/b9-4+,13-5+. The second kappa shape index (κ2) is 7.10. The topological polar surface area (TPSA) is 100 Å². The molecule has 1 rings (SSSR count). The summed E-state index contributed by atoms with van der Waals surface area (Å²) in [4.78, 5) is 36.1. The molecule has 19 heavy (non-hydrogen) atoms. The number of nitrogens with one attached hydrogen (secondary N) is 1. The molecule has 1 N–H and O–H groups in total. The average Bonchev–Trinajstić information content (AvgIpc) is 2.45. The molecule has 0 bridgehead atoms. The Morgan fingerprint density at radius 2 is 2.26 bits per heavy atom. The highest BCUT2D eigenvalue weighted by Gasteiger charge is 2.25. The molecule has 0 aromatic rings. The summed E-state index contributed by atoms with van der Waals surface area (Å²) in [6.45, 7) is 5.98. The number of rotatable bonds is 5. The van der Waals surface area contributed by atoms with E-state index in [-0.39, 0.29) is 12.1 Å². The fourth-order valence-corrected chi connectivity index (χ4v) is 1.56. The lowest BCUT2D eigenvalue weighted by Gasteiger charge is -2.23. The van der Waals surface area contributed by atoms with E-state index in [1.54, 1.807) is 18.4 Å². The lowest BCUT2D eigenvalue weighted by molar-refractivity contribution is -0.119. The van der Waals surface area contributed by atoms with E-state index >= 15 is 0 Å². The van der Waals surface area contributed by atoms with E-state index in [0.29, 0.717) is 12.2 Å². The SMILES string of the molecule is C=C(N=O)C1=C/C(=C\C=N\CC)CC(C(=O)N=O)N1. The van der Waals surface area contributed by atoms with Gasteiger partial charge in [0.1, 0.15) is 11.7 Å². The third-order valence-electron chi connectivity index (χ3n) is 2.49. The Morgan fingerprint density at radius 1 is 1.53 bits per heavy atom. The molecule has 0 spiro atoms. The summed E-state index contributed by atoms with van der Waals surface area (Å²) in [5, 5.41) is 7.81. The lowest BCUT2D eigenvalue weighted by atomic mass is 9.99. The minimum atomic E-state index is -0.831. The molecular formula is C12H14N4O3. The molecule has 100 valence electrons. The Balaban J connectivity index is 3.02. The highest BCUT2D eigenvalue weighted by Crippen LogP contribution is 2.21. The van der Waals surface area contributed by atoms with Gasteiger partial charge in [0.05, 0.1) is 5.70 Å². The zero-order chi connectivity index (χ0) is 14.3. The number of carbonyl (C=O) groups is 1. The van der Waals surface area contributed by atoms with E-state index in [0.717, 1.165) is 5.57 Å². The zero-order valence-electron chi connectivity index (χ0n) is 10.5. The highest BCUT2D eigenvalue weighted by atomic mass is 16.3. The Labute approximate surface area is 110 Å². The third-order valence-corrected chi connectivity index (χ3v) is 2.49. The number of nitroso groups, excluding NO2 is 2. The van der Waals surface area contributed by atoms with Crippen LogP contribution in [0, 0.1) is 9.81 Å². The van der Waals surface area contributed by atoms with Gasteiger partial charge >= 0.3 is 5.91 Å². The molecule has 1 aliphatic rings. The van der Waals surface area contributed by atoms with Gasteiger partial charge in [0.15, 0.2) is 0 Å². The zero-order valence-corrected chi connectivity index (χ0v) is 10.5. The Bertz CT molecular complexity index is 491. The molecule has 1 aliphatic heterocycles. The molecule has 1 amide bonds.